The van der Waals surface area contributed by atoms with Crippen LogP contribution in [0.4, 0.5) is 22.2 Å². The number of nitriles is 1. The highest BCUT2D eigenvalue weighted by Gasteiger charge is 2.47. The molecule has 0 bridgehead atoms. The summed E-state index contributed by atoms with van der Waals surface area (Å²) in [6.45, 7) is 21.0. The number of carbonyl (C=O) groups excluding carboxylic acids is 1. The lowest BCUT2D eigenvalue weighted by molar-refractivity contribution is 0.0575. The van der Waals surface area contributed by atoms with Gasteiger partial charge in [0.05, 0.1) is 40.2 Å². The van der Waals surface area contributed by atoms with Crippen LogP contribution in [0.1, 0.15) is 77.7 Å². The Kier molecular flexibility index (Phi) is 9.07. The van der Waals surface area contributed by atoms with Gasteiger partial charge in [-0.2, -0.15) is 10.4 Å². The second-order valence-electron chi connectivity index (χ2n) is 15.8. The van der Waals surface area contributed by atoms with Crippen LogP contribution in [-0.2, 0) is 24.4 Å². The molecule has 2 aliphatic heterocycles. The zero-order valence-electron chi connectivity index (χ0n) is 29.6. The summed E-state index contributed by atoms with van der Waals surface area (Å²) in [6, 6.07) is 9.37. The summed E-state index contributed by atoms with van der Waals surface area (Å²) in [5, 5.41) is 18.2. The highest BCUT2D eigenvalue weighted by atomic mass is 32.2. The molecule has 258 valence electrons. The van der Waals surface area contributed by atoms with Gasteiger partial charge in [0.2, 0.25) is 5.95 Å². The molecule has 1 unspecified atom stereocenters. The summed E-state index contributed by atoms with van der Waals surface area (Å²) in [7, 11) is -5.27. The van der Waals surface area contributed by atoms with E-state index in [9.17, 15) is 18.5 Å². The Morgan fingerprint density at radius 1 is 1.19 bits per heavy atom. The van der Waals surface area contributed by atoms with Crippen LogP contribution >= 0.6 is 0 Å². The summed E-state index contributed by atoms with van der Waals surface area (Å²) < 4.78 is 38.6. The molecule has 1 N–H and O–H groups in total. The largest absolute Gasteiger partial charge is 0.443 e. The van der Waals surface area contributed by atoms with E-state index in [-0.39, 0.29) is 22.6 Å². The third kappa shape index (κ3) is 7.28. The predicted molar refractivity (Wildman–Crippen MR) is 189 cm³/mol. The lowest BCUT2D eigenvalue weighted by Gasteiger charge is -2.39. The topological polar surface area (TPSA) is 152 Å². The fraction of sp³-hybridized carbons (Fsp3) is 0.559. The molecule has 0 spiro atoms. The van der Waals surface area contributed by atoms with Crippen molar-refractivity contribution in [1.82, 2.24) is 19.7 Å². The van der Waals surface area contributed by atoms with Crippen molar-refractivity contribution in [3.05, 3.63) is 47.3 Å². The smallest absolute Gasteiger partial charge is 0.414 e. The molecular formula is C34H47N7O5SSi. The van der Waals surface area contributed by atoms with E-state index in [1.54, 1.807) is 27.9 Å². The van der Waals surface area contributed by atoms with E-state index in [0.717, 1.165) is 11.3 Å². The van der Waals surface area contributed by atoms with Crippen LogP contribution in [0.5, 0.6) is 0 Å². The third-order valence-electron chi connectivity index (χ3n) is 9.43. The monoisotopic (exact) mass is 693 g/mol. The molecule has 3 aromatic rings. The van der Waals surface area contributed by atoms with Gasteiger partial charge in [-0.3, -0.25) is 4.90 Å². The first kappa shape index (κ1) is 35.5. The quantitative estimate of drug-likeness (QED) is 0.266. The van der Waals surface area contributed by atoms with Gasteiger partial charge in [-0.15, -0.1) is 0 Å². The van der Waals surface area contributed by atoms with E-state index in [4.69, 9.17) is 14.1 Å². The fourth-order valence-corrected chi connectivity index (χ4v) is 8.64. The first-order chi connectivity index (χ1) is 22.1. The number of sulfone groups is 1. The molecular weight excluding hydrogens is 647 g/mol. The molecule has 14 heteroatoms. The summed E-state index contributed by atoms with van der Waals surface area (Å²) in [4.78, 5) is 24.4. The SMILES string of the molecule is Cc1cc(Nc2nccc(-c3cc(C#N)c4c(c3)[C@@](C)(CO[Si](C)(C)C(C)(C)C)CN4C(=O)OC(C)(C)C)n2)n(C2CCS(=O)(=O)C2)n1. The minimum Gasteiger partial charge on any atom is -0.443 e. The predicted octanol–water partition coefficient (Wildman–Crippen LogP) is 6.66. The number of benzene rings is 1. The molecule has 1 amide bonds. The zero-order chi connectivity index (χ0) is 35.4. The van der Waals surface area contributed by atoms with Crippen molar-refractivity contribution in [3.8, 4) is 17.3 Å². The standard InChI is InChI=1S/C34H47N7O5SSi/c1-22-15-28(41(39-22)25-12-14-47(43,44)19-25)38-30-36-13-11-27(37-30)23-16-24(18-35)29-26(17-23)34(8,21-45-48(9,10)33(5,6)7)20-40(29)31(42)46-32(2,3)4/h11,13,15-17,25H,12,14,19-21H2,1-10H3,(H,36,37,38)/t25?,34-/m1/s1. The molecule has 0 aliphatic carbocycles. The Labute approximate surface area is 284 Å². The molecule has 2 atom stereocenters. The second kappa shape index (κ2) is 12.3. The van der Waals surface area contributed by atoms with Gasteiger partial charge in [-0.1, -0.05) is 27.7 Å². The number of anilines is 3. The van der Waals surface area contributed by atoms with Crippen molar-refractivity contribution >= 4 is 41.7 Å². The Hall–Kier alpha value is -3.80. The van der Waals surface area contributed by atoms with Gasteiger partial charge in [0.1, 0.15) is 17.5 Å². The Bertz CT molecular complexity index is 1890. The number of ether oxygens (including phenoxy) is 1. The van der Waals surface area contributed by atoms with E-state index >= 15 is 0 Å². The first-order valence-corrected chi connectivity index (χ1v) is 20.9. The maximum absolute atomic E-state index is 13.6. The van der Waals surface area contributed by atoms with Crippen LogP contribution in [0.15, 0.2) is 30.5 Å². The van der Waals surface area contributed by atoms with Crippen LogP contribution < -0.4 is 10.2 Å². The lowest BCUT2D eigenvalue weighted by Crippen LogP contribution is -2.46. The van der Waals surface area contributed by atoms with Crippen molar-refractivity contribution in [1.29, 1.82) is 5.26 Å². The number of aromatic nitrogens is 4. The number of amides is 1. The molecule has 4 heterocycles. The number of carbonyl (C=O) groups is 1. The van der Waals surface area contributed by atoms with Crippen LogP contribution in [0, 0.1) is 18.3 Å². The highest BCUT2D eigenvalue weighted by Crippen LogP contribution is 2.47. The number of fused-ring (bicyclic) bond motifs is 1. The number of nitrogens with zero attached hydrogens (tertiary/aromatic N) is 6. The maximum atomic E-state index is 13.6. The molecule has 2 aromatic heterocycles. The van der Waals surface area contributed by atoms with Gasteiger partial charge >= 0.3 is 6.09 Å². The Morgan fingerprint density at radius 2 is 1.90 bits per heavy atom. The molecule has 12 nitrogen and oxygen atoms in total. The zero-order valence-corrected chi connectivity index (χ0v) is 31.4. The van der Waals surface area contributed by atoms with E-state index < -0.39 is 35.3 Å². The normalized spacial score (nSPS) is 20.8. The molecule has 2 aliphatic rings. The Balaban J connectivity index is 1.54. The molecule has 48 heavy (non-hydrogen) atoms. The first-order valence-electron chi connectivity index (χ1n) is 16.2. The number of nitrogens with one attached hydrogen (secondary N) is 1. The number of hydrogen-bond donors (Lipinski definition) is 1. The van der Waals surface area contributed by atoms with E-state index in [1.807, 2.05) is 39.8 Å². The van der Waals surface area contributed by atoms with Crippen LogP contribution in [-0.4, -0.2) is 72.8 Å². The van der Waals surface area contributed by atoms with Crippen molar-refractivity contribution in [3.63, 3.8) is 0 Å². The molecule has 1 saturated heterocycles. The summed E-state index contributed by atoms with van der Waals surface area (Å²) in [6.07, 6.45) is 1.60. The minimum atomic E-state index is -3.11. The van der Waals surface area contributed by atoms with E-state index in [0.29, 0.717) is 53.8 Å². The van der Waals surface area contributed by atoms with Crippen LogP contribution in [0.2, 0.25) is 18.1 Å². The number of rotatable bonds is 7. The summed E-state index contributed by atoms with van der Waals surface area (Å²) >= 11 is 0. The van der Waals surface area contributed by atoms with Crippen LogP contribution in [0.3, 0.4) is 0 Å². The summed E-state index contributed by atoms with van der Waals surface area (Å²) in [5.41, 5.74) is 2.31. The molecule has 5 rings (SSSR count). The minimum absolute atomic E-state index is 0.0143. The Morgan fingerprint density at radius 3 is 2.50 bits per heavy atom. The van der Waals surface area contributed by atoms with Gasteiger partial charge in [0.25, 0.3) is 0 Å². The van der Waals surface area contributed by atoms with Crippen molar-refractivity contribution in [2.45, 2.75) is 97.0 Å². The van der Waals surface area contributed by atoms with Crippen molar-refractivity contribution in [2.75, 3.05) is 34.9 Å². The fourth-order valence-electron chi connectivity index (χ4n) is 5.84. The summed E-state index contributed by atoms with van der Waals surface area (Å²) in [5.74, 6) is 1.07. The third-order valence-corrected chi connectivity index (χ3v) is 15.7. The van der Waals surface area contributed by atoms with E-state index in [1.165, 1.54) is 0 Å². The van der Waals surface area contributed by atoms with Gasteiger partial charge in [0, 0.05) is 36.4 Å². The number of aryl methyl sites for hydroxylation is 1. The van der Waals surface area contributed by atoms with Crippen molar-refractivity contribution < 1.29 is 22.4 Å². The van der Waals surface area contributed by atoms with Crippen molar-refractivity contribution in [2.24, 2.45) is 0 Å². The second-order valence-corrected chi connectivity index (χ2v) is 22.8. The van der Waals surface area contributed by atoms with Crippen LogP contribution in [0.25, 0.3) is 11.3 Å². The van der Waals surface area contributed by atoms with Gasteiger partial charge < -0.3 is 14.5 Å². The molecule has 0 radical (unpaired) electrons. The highest BCUT2D eigenvalue weighted by molar-refractivity contribution is 7.91. The number of hydrogen-bond acceptors (Lipinski definition) is 10. The molecule has 1 fully saturated rings. The average Bonchev–Trinajstić information content (AvgIpc) is 3.62. The van der Waals surface area contributed by atoms with Gasteiger partial charge in [-0.25, -0.2) is 27.9 Å². The molecule has 1 aromatic carbocycles. The van der Waals surface area contributed by atoms with Gasteiger partial charge in [0.15, 0.2) is 18.2 Å². The van der Waals surface area contributed by atoms with E-state index in [2.05, 4.69) is 62.3 Å². The lowest BCUT2D eigenvalue weighted by atomic mass is 9.83. The maximum Gasteiger partial charge on any atom is 0.414 e. The average molecular weight is 694 g/mol. The molecule has 0 saturated carbocycles. The van der Waals surface area contributed by atoms with Gasteiger partial charge in [-0.05, 0) is 76.0 Å².